The average Bonchev–Trinajstić information content (AvgIpc) is 3.14. The van der Waals surface area contributed by atoms with Gasteiger partial charge in [0.15, 0.2) is 0 Å². The SMILES string of the molecule is CCOc1ccc(-c2nc(C(=O)NCCC3CCCNC3)cs2)cc1.Cl.Cl. The highest BCUT2D eigenvalue weighted by Crippen LogP contribution is 2.25. The second kappa shape index (κ2) is 12.2. The Labute approximate surface area is 177 Å². The van der Waals surface area contributed by atoms with Crippen LogP contribution < -0.4 is 15.4 Å². The van der Waals surface area contributed by atoms with Crippen LogP contribution in [0.2, 0.25) is 0 Å². The van der Waals surface area contributed by atoms with Gasteiger partial charge in [-0.2, -0.15) is 0 Å². The number of benzene rings is 1. The van der Waals surface area contributed by atoms with Crippen molar-refractivity contribution in [1.29, 1.82) is 0 Å². The number of carbonyl (C=O) groups is 1. The predicted molar refractivity (Wildman–Crippen MR) is 116 cm³/mol. The predicted octanol–water partition coefficient (Wildman–Crippen LogP) is 4.17. The summed E-state index contributed by atoms with van der Waals surface area (Å²) in [6.07, 6.45) is 3.51. The highest BCUT2D eigenvalue weighted by Gasteiger charge is 2.15. The molecule has 1 aromatic heterocycles. The van der Waals surface area contributed by atoms with Crippen molar-refractivity contribution in [2.45, 2.75) is 26.2 Å². The molecule has 8 heteroatoms. The number of nitrogens with one attached hydrogen (secondary N) is 2. The van der Waals surface area contributed by atoms with Gasteiger partial charge in [-0.3, -0.25) is 4.79 Å². The molecule has 1 aliphatic rings. The Balaban J connectivity index is 0.00000182. The van der Waals surface area contributed by atoms with Gasteiger partial charge in [-0.25, -0.2) is 4.98 Å². The molecule has 5 nitrogen and oxygen atoms in total. The molecule has 1 atom stereocenters. The zero-order valence-corrected chi connectivity index (χ0v) is 17.9. The zero-order chi connectivity index (χ0) is 17.5. The van der Waals surface area contributed by atoms with Crippen molar-refractivity contribution in [2.24, 2.45) is 5.92 Å². The van der Waals surface area contributed by atoms with Crippen LogP contribution in [0.25, 0.3) is 10.6 Å². The first kappa shape index (κ1) is 23.7. The second-order valence-electron chi connectivity index (χ2n) is 6.25. The highest BCUT2D eigenvalue weighted by atomic mass is 35.5. The highest BCUT2D eigenvalue weighted by molar-refractivity contribution is 7.13. The van der Waals surface area contributed by atoms with Gasteiger partial charge >= 0.3 is 0 Å². The quantitative estimate of drug-likeness (QED) is 0.690. The van der Waals surface area contributed by atoms with Crippen molar-refractivity contribution in [3.8, 4) is 16.3 Å². The summed E-state index contributed by atoms with van der Waals surface area (Å²) in [7, 11) is 0. The van der Waals surface area contributed by atoms with Crippen molar-refractivity contribution >= 4 is 42.1 Å². The Morgan fingerprint density at radius 3 is 2.78 bits per heavy atom. The zero-order valence-electron chi connectivity index (χ0n) is 15.4. The molecule has 1 aromatic carbocycles. The van der Waals surface area contributed by atoms with E-state index in [-0.39, 0.29) is 30.7 Å². The van der Waals surface area contributed by atoms with Gasteiger partial charge in [0.1, 0.15) is 16.5 Å². The maximum Gasteiger partial charge on any atom is 0.270 e. The number of nitrogens with zero attached hydrogens (tertiary/aromatic N) is 1. The average molecular weight is 432 g/mol. The van der Waals surface area contributed by atoms with Crippen LogP contribution in [0.4, 0.5) is 0 Å². The monoisotopic (exact) mass is 431 g/mol. The maximum atomic E-state index is 12.3. The van der Waals surface area contributed by atoms with E-state index in [0.29, 0.717) is 24.8 Å². The van der Waals surface area contributed by atoms with Crippen molar-refractivity contribution < 1.29 is 9.53 Å². The molecular weight excluding hydrogens is 405 g/mol. The molecule has 1 fully saturated rings. The molecule has 0 aliphatic carbocycles. The Morgan fingerprint density at radius 1 is 1.33 bits per heavy atom. The number of hydrogen-bond donors (Lipinski definition) is 2. The minimum atomic E-state index is -0.0859. The smallest absolute Gasteiger partial charge is 0.270 e. The van der Waals surface area contributed by atoms with Crippen molar-refractivity contribution in [3.63, 3.8) is 0 Å². The fraction of sp³-hybridized carbons (Fsp3) is 0.474. The molecule has 1 aliphatic heterocycles. The number of carbonyl (C=O) groups excluding carboxylic acids is 1. The summed E-state index contributed by atoms with van der Waals surface area (Å²) in [5, 5.41) is 9.07. The molecule has 0 saturated carbocycles. The molecule has 1 amide bonds. The lowest BCUT2D eigenvalue weighted by Gasteiger charge is -2.22. The van der Waals surface area contributed by atoms with Crippen LogP contribution in [-0.2, 0) is 0 Å². The maximum absolute atomic E-state index is 12.3. The number of amides is 1. The van der Waals surface area contributed by atoms with Gasteiger partial charge in [0.05, 0.1) is 6.61 Å². The number of halogens is 2. The van der Waals surface area contributed by atoms with Gasteiger partial charge in [0, 0.05) is 17.5 Å². The van der Waals surface area contributed by atoms with Crippen LogP contribution in [-0.4, -0.2) is 37.1 Å². The third kappa shape index (κ3) is 6.96. The normalized spacial score (nSPS) is 16.0. The summed E-state index contributed by atoms with van der Waals surface area (Å²) < 4.78 is 5.45. The van der Waals surface area contributed by atoms with Crippen LogP contribution in [0.5, 0.6) is 5.75 Å². The van der Waals surface area contributed by atoms with E-state index in [9.17, 15) is 4.79 Å². The summed E-state index contributed by atoms with van der Waals surface area (Å²) in [4.78, 5) is 16.7. The fourth-order valence-electron chi connectivity index (χ4n) is 3.02. The number of aromatic nitrogens is 1. The van der Waals surface area contributed by atoms with Gasteiger partial charge < -0.3 is 15.4 Å². The Hall–Kier alpha value is -1.34. The van der Waals surface area contributed by atoms with Gasteiger partial charge in [0.2, 0.25) is 0 Å². The lowest BCUT2D eigenvalue weighted by molar-refractivity contribution is 0.0946. The Kier molecular flexibility index (Phi) is 10.7. The molecule has 0 bridgehead atoms. The number of hydrogen-bond acceptors (Lipinski definition) is 5. The first-order valence-electron chi connectivity index (χ1n) is 8.94. The van der Waals surface area contributed by atoms with Crippen molar-refractivity contribution in [2.75, 3.05) is 26.2 Å². The standard InChI is InChI=1S/C19H25N3O2S.2ClH/c1-2-24-16-7-5-15(6-8-16)19-22-17(13-25-19)18(23)21-11-9-14-4-3-10-20-12-14;;/h5-8,13-14,20H,2-4,9-12H2,1H3,(H,21,23);2*1H. The molecule has 3 rings (SSSR count). The summed E-state index contributed by atoms with van der Waals surface area (Å²) in [6, 6.07) is 7.81. The van der Waals surface area contributed by atoms with E-state index >= 15 is 0 Å². The molecule has 2 heterocycles. The third-order valence-electron chi connectivity index (χ3n) is 4.39. The van der Waals surface area contributed by atoms with E-state index in [1.54, 1.807) is 0 Å². The number of thiazole rings is 1. The molecule has 1 saturated heterocycles. The first-order chi connectivity index (χ1) is 12.3. The Bertz CT molecular complexity index is 689. The summed E-state index contributed by atoms with van der Waals surface area (Å²) in [5.74, 6) is 1.43. The molecule has 27 heavy (non-hydrogen) atoms. The van der Waals surface area contributed by atoms with Gasteiger partial charge in [-0.1, -0.05) is 0 Å². The molecule has 150 valence electrons. The van der Waals surface area contributed by atoms with Crippen LogP contribution in [0.1, 0.15) is 36.7 Å². The van der Waals surface area contributed by atoms with E-state index < -0.39 is 0 Å². The number of rotatable bonds is 7. The van der Waals surface area contributed by atoms with Crippen LogP contribution in [0, 0.1) is 5.92 Å². The number of ether oxygens (including phenoxy) is 1. The summed E-state index contributed by atoms with van der Waals surface area (Å²) in [5.41, 5.74) is 1.50. The van der Waals surface area contributed by atoms with E-state index in [0.717, 1.165) is 35.8 Å². The van der Waals surface area contributed by atoms with Crippen LogP contribution in [0.3, 0.4) is 0 Å². The molecular formula is C19H27Cl2N3O2S. The lowest BCUT2D eigenvalue weighted by Crippen LogP contribution is -2.33. The molecule has 1 unspecified atom stereocenters. The fourth-order valence-corrected chi connectivity index (χ4v) is 3.83. The largest absolute Gasteiger partial charge is 0.494 e. The first-order valence-corrected chi connectivity index (χ1v) is 9.82. The molecule has 0 radical (unpaired) electrons. The topological polar surface area (TPSA) is 63.2 Å². The minimum Gasteiger partial charge on any atom is -0.494 e. The third-order valence-corrected chi connectivity index (χ3v) is 5.28. The summed E-state index contributed by atoms with van der Waals surface area (Å²) >= 11 is 1.49. The van der Waals surface area contributed by atoms with Gasteiger partial charge in [0.25, 0.3) is 5.91 Å². The van der Waals surface area contributed by atoms with Crippen molar-refractivity contribution in [3.05, 3.63) is 35.3 Å². The molecule has 2 N–H and O–H groups in total. The molecule has 2 aromatic rings. The van der Waals surface area contributed by atoms with E-state index in [1.807, 2.05) is 36.6 Å². The van der Waals surface area contributed by atoms with E-state index in [1.165, 1.54) is 24.2 Å². The Morgan fingerprint density at radius 2 is 2.11 bits per heavy atom. The summed E-state index contributed by atoms with van der Waals surface area (Å²) in [6.45, 7) is 5.51. The van der Waals surface area contributed by atoms with Crippen LogP contribution in [0.15, 0.2) is 29.6 Å². The minimum absolute atomic E-state index is 0. The van der Waals surface area contributed by atoms with E-state index in [2.05, 4.69) is 15.6 Å². The van der Waals surface area contributed by atoms with Crippen LogP contribution >= 0.6 is 36.2 Å². The molecule has 0 spiro atoms. The second-order valence-corrected chi connectivity index (χ2v) is 7.11. The van der Waals surface area contributed by atoms with Crippen molar-refractivity contribution in [1.82, 2.24) is 15.6 Å². The lowest BCUT2D eigenvalue weighted by atomic mass is 9.96. The van der Waals surface area contributed by atoms with E-state index in [4.69, 9.17) is 4.74 Å². The number of piperidine rings is 1. The van der Waals surface area contributed by atoms with Gasteiger partial charge in [-0.15, -0.1) is 36.2 Å². The van der Waals surface area contributed by atoms with Gasteiger partial charge in [-0.05, 0) is 69.5 Å².